The normalized spacial score (nSPS) is 21.5. The fourth-order valence-corrected chi connectivity index (χ4v) is 3.49. The van der Waals surface area contributed by atoms with Gasteiger partial charge in [-0.2, -0.15) is 0 Å². The van der Waals surface area contributed by atoms with E-state index in [9.17, 15) is 13.6 Å². The van der Waals surface area contributed by atoms with Crippen LogP contribution in [0.25, 0.3) is 0 Å². The van der Waals surface area contributed by atoms with E-state index in [-0.39, 0.29) is 24.1 Å². The van der Waals surface area contributed by atoms with Crippen molar-refractivity contribution >= 4 is 5.91 Å². The summed E-state index contributed by atoms with van der Waals surface area (Å²) < 4.78 is 32.6. The number of ether oxygens (including phenoxy) is 1. The molecule has 27 heavy (non-hydrogen) atoms. The highest BCUT2D eigenvalue weighted by atomic mass is 19.1. The Morgan fingerprint density at radius 3 is 2.85 bits per heavy atom. The van der Waals surface area contributed by atoms with E-state index in [1.807, 2.05) is 24.3 Å². The molecule has 2 aliphatic rings. The fourth-order valence-electron chi connectivity index (χ4n) is 3.49. The van der Waals surface area contributed by atoms with E-state index in [4.69, 9.17) is 4.74 Å². The van der Waals surface area contributed by atoms with Gasteiger partial charge in [-0.05, 0) is 42.3 Å². The number of hydrogen-bond acceptors (Lipinski definition) is 4. The van der Waals surface area contributed by atoms with Crippen LogP contribution < -0.4 is 10.2 Å². The Morgan fingerprint density at radius 2 is 2.04 bits per heavy atom. The minimum absolute atomic E-state index is 0.00685. The molecule has 0 aliphatic carbocycles. The number of halogens is 2. The molecule has 2 aromatic rings. The molecule has 2 heterocycles. The lowest BCUT2D eigenvalue weighted by molar-refractivity contribution is -0.135. The zero-order valence-corrected chi connectivity index (χ0v) is 14.7. The first kappa shape index (κ1) is 17.5. The number of carbonyl (C=O) groups is 1. The topological polar surface area (TPSA) is 44.8 Å². The minimum Gasteiger partial charge on any atom is -0.497 e. The predicted octanol–water partition coefficient (Wildman–Crippen LogP) is 3.11. The second-order valence-corrected chi connectivity index (χ2v) is 6.62. The van der Waals surface area contributed by atoms with Gasteiger partial charge in [-0.1, -0.05) is 12.1 Å². The van der Waals surface area contributed by atoms with Crippen molar-refractivity contribution in [2.45, 2.75) is 25.0 Å². The number of amides is 1. The van der Waals surface area contributed by atoms with Gasteiger partial charge < -0.3 is 14.6 Å². The van der Waals surface area contributed by atoms with E-state index >= 15 is 0 Å². The van der Waals surface area contributed by atoms with E-state index in [1.54, 1.807) is 24.5 Å². The highest BCUT2D eigenvalue weighted by molar-refractivity contribution is 5.84. The summed E-state index contributed by atoms with van der Waals surface area (Å²) in [7, 11) is 1.61. The molecule has 1 fully saturated rings. The van der Waals surface area contributed by atoms with Gasteiger partial charge in [-0.25, -0.2) is 14.2 Å². The predicted molar refractivity (Wildman–Crippen MR) is 95.2 cm³/mol. The largest absolute Gasteiger partial charge is 0.497 e. The zero-order valence-electron chi connectivity index (χ0n) is 14.7. The van der Waals surface area contributed by atoms with E-state index in [0.29, 0.717) is 6.42 Å². The summed E-state index contributed by atoms with van der Waals surface area (Å²) in [6.07, 6.45) is 3.91. The third-order valence-electron chi connectivity index (χ3n) is 4.92. The highest BCUT2D eigenvalue weighted by Crippen LogP contribution is 2.32. The SMILES string of the molecule is COc1cccc(C2CC3C(=O)N(Cc4cc(F)ccc4F)C=CN3N2)c1. The maximum absolute atomic E-state index is 13.9. The van der Waals surface area contributed by atoms with Crippen LogP contribution in [-0.2, 0) is 11.3 Å². The van der Waals surface area contributed by atoms with Crippen LogP contribution in [0.1, 0.15) is 23.6 Å². The smallest absolute Gasteiger partial charge is 0.251 e. The van der Waals surface area contributed by atoms with Crippen LogP contribution in [-0.4, -0.2) is 29.0 Å². The monoisotopic (exact) mass is 371 g/mol. The van der Waals surface area contributed by atoms with Crippen LogP contribution >= 0.6 is 0 Å². The Balaban J connectivity index is 1.50. The van der Waals surface area contributed by atoms with Crippen LogP contribution in [0.5, 0.6) is 5.75 Å². The molecule has 0 spiro atoms. The lowest BCUT2D eigenvalue weighted by Gasteiger charge is -2.31. The lowest BCUT2D eigenvalue weighted by Crippen LogP contribution is -2.47. The molecule has 2 aromatic carbocycles. The third kappa shape index (κ3) is 3.38. The average molecular weight is 371 g/mol. The van der Waals surface area contributed by atoms with Gasteiger partial charge in [0, 0.05) is 18.0 Å². The number of nitrogens with one attached hydrogen (secondary N) is 1. The van der Waals surface area contributed by atoms with E-state index in [1.165, 1.54) is 4.90 Å². The van der Waals surface area contributed by atoms with Gasteiger partial charge in [0.25, 0.3) is 5.91 Å². The Kier molecular flexibility index (Phi) is 4.53. The molecular weight excluding hydrogens is 352 g/mol. The first-order valence-electron chi connectivity index (χ1n) is 8.66. The summed E-state index contributed by atoms with van der Waals surface area (Å²) in [4.78, 5) is 14.3. The molecule has 0 saturated carbocycles. The fraction of sp³-hybridized carbons (Fsp3) is 0.250. The summed E-state index contributed by atoms with van der Waals surface area (Å²) in [6.45, 7) is -0.00685. The standard InChI is InChI=1S/C20H19F2N3O2/c1-27-16-4-2-3-13(10-16)18-11-19-20(26)24(7-8-25(19)23-18)12-14-9-15(21)5-6-17(14)22/h2-10,18-19,23H,11-12H2,1H3. The second-order valence-electron chi connectivity index (χ2n) is 6.62. The molecule has 1 N–H and O–H groups in total. The van der Waals surface area contributed by atoms with Crippen molar-refractivity contribution in [2.24, 2.45) is 0 Å². The van der Waals surface area contributed by atoms with Crippen LogP contribution in [0.4, 0.5) is 8.78 Å². The van der Waals surface area contributed by atoms with Crippen molar-refractivity contribution in [2.75, 3.05) is 7.11 Å². The van der Waals surface area contributed by atoms with Gasteiger partial charge >= 0.3 is 0 Å². The van der Waals surface area contributed by atoms with Crippen LogP contribution in [0.2, 0.25) is 0 Å². The Morgan fingerprint density at radius 1 is 1.19 bits per heavy atom. The second kappa shape index (κ2) is 7.00. The number of hydrazine groups is 1. The van der Waals surface area contributed by atoms with Crippen molar-refractivity contribution < 1.29 is 18.3 Å². The van der Waals surface area contributed by atoms with Crippen molar-refractivity contribution in [3.05, 3.63) is 77.6 Å². The van der Waals surface area contributed by atoms with Gasteiger partial charge in [0.15, 0.2) is 0 Å². The molecule has 0 aromatic heterocycles. The molecule has 2 atom stereocenters. The quantitative estimate of drug-likeness (QED) is 0.897. The molecule has 4 rings (SSSR count). The number of carbonyl (C=O) groups excluding carboxylic acids is 1. The van der Waals surface area contributed by atoms with Crippen molar-refractivity contribution in [3.63, 3.8) is 0 Å². The molecule has 2 aliphatic heterocycles. The van der Waals surface area contributed by atoms with Gasteiger partial charge in [-0.15, -0.1) is 0 Å². The van der Waals surface area contributed by atoms with Crippen LogP contribution in [0.3, 0.4) is 0 Å². The Bertz CT molecular complexity index is 903. The van der Waals surface area contributed by atoms with Crippen molar-refractivity contribution in [3.8, 4) is 5.75 Å². The number of methoxy groups -OCH3 is 1. The minimum atomic E-state index is -0.529. The molecule has 0 radical (unpaired) electrons. The number of hydrogen-bond donors (Lipinski definition) is 1. The van der Waals surface area contributed by atoms with Gasteiger partial charge in [0.05, 0.1) is 19.7 Å². The Labute approximate surface area is 155 Å². The summed E-state index contributed by atoms with van der Waals surface area (Å²) in [5.74, 6) is -0.454. The Hall–Kier alpha value is -2.93. The average Bonchev–Trinajstić information content (AvgIpc) is 3.12. The summed E-state index contributed by atoms with van der Waals surface area (Å²) in [6, 6.07) is 10.5. The van der Waals surface area contributed by atoms with E-state index in [0.717, 1.165) is 29.5 Å². The van der Waals surface area contributed by atoms with Gasteiger partial charge in [0.1, 0.15) is 23.4 Å². The molecule has 2 unspecified atom stereocenters. The van der Waals surface area contributed by atoms with Gasteiger partial charge in [0.2, 0.25) is 0 Å². The molecule has 7 heteroatoms. The number of rotatable bonds is 4. The molecule has 5 nitrogen and oxygen atoms in total. The summed E-state index contributed by atoms with van der Waals surface area (Å²) in [5, 5.41) is 1.77. The third-order valence-corrected chi connectivity index (χ3v) is 4.92. The number of nitrogens with zero attached hydrogens (tertiary/aromatic N) is 2. The summed E-state index contributed by atoms with van der Waals surface area (Å²) >= 11 is 0. The number of benzene rings is 2. The molecule has 1 amide bonds. The summed E-state index contributed by atoms with van der Waals surface area (Å²) in [5.41, 5.74) is 4.48. The number of fused-ring (bicyclic) bond motifs is 1. The maximum atomic E-state index is 13.9. The maximum Gasteiger partial charge on any atom is 0.251 e. The lowest BCUT2D eigenvalue weighted by atomic mass is 10.0. The van der Waals surface area contributed by atoms with E-state index in [2.05, 4.69) is 5.43 Å². The molecule has 140 valence electrons. The zero-order chi connectivity index (χ0) is 19.0. The van der Waals surface area contributed by atoms with Gasteiger partial charge in [-0.3, -0.25) is 4.79 Å². The van der Waals surface area contributed by atoms with Crippen LogP contribution in [0.15, 0.2) is 54.9 Å². The first-order valence-corrected chi connectivity index (χ1v) is 8.66. The van der Waals surface area contributed by atoms with Crippen molar-refractivity contribution in [1.29, 1.82) is 0 Å². The molecule has 1 saturated heterocycles. The van der Waals surface area contributed by atoms with Crippen molar-refractivity contribution in [1.82, 2.24) is 15.3 Å². The van der Waals surface area contributed by atoms with Crippen LogP contribution in [0, 0.1) is 11.6 Å². The first-order chi connectivity index (χ1) is 13.0. The molecular formula is C20H19F2N3O2. The highest BCUT2D eigenvalue weighted by Gasteiger charge is 2.40. The van der Waals surface area contributed by atoms with E-state index < -0.39 is 17.7 Å². The molecule has 0 bridgehead atoms.